The van der Waals surface area contributed by atoms with Crippen molar-refractivity contribution >= 4 is 23.3 Å². The highest BCUT2D eigenvalue weighted by Gasteiger charge is 2.23. The van der Waals surface area contributed by atoms with Crippen LogP contribution in [0.15, 0.2) is 18.2 Å². The van der Waals surface area contributed by atoms with Crippen molar-refractivity contribution in [2.45, 2.75) is 32.4 Å². The van der Waals surface area contributed by atoms with E-state index in [1.165, 1.54) is 18.2 Å². The van der Waals surface area contributed by atoms with Gasteiger partial charge in [-0.3, -0.25) is 0 Å². The van der Waals surface area contributed by atoms with Gasteiger partial charge in [-0.15, -0.1) is 0 Å². The van der Waals surface area contributed by atoms with Crippen LogP contribution in [-0.2, 0) is 0 Å². The van der Waals surface area contributed by atoms with Gasteiger partial charge in [0.15, 0.2) is 0 Å². The van der Waals surface area contributed by atoms with Crippen molar-refractivity contribution < 1.29 is 23.4 Å². The Labute approximate surface area is 126 Å². The molecule has 0 aliphatic carbocycles. The first-order chi connectivity index (χ1) is 9.79. The molecule has 21 heavy (non-hydrogen) atoms. The zero-order valence-corrected chi connectivity index (χ0v) is 12.4. The fourth-order valence-corrected chi connectivity index (χ4v) is 1.67. The number of benzene rings is 1. The van der Waals surface area contributed by atoms with Gasteiger partial charge in [0.05, 0.1) is 17.2 Å². The van der Waals surface area contributed by atoms with Gasteiger partial charge in [0, 0.05) is 5.69 Å². The molecule has 0 aliphatic heterocycles. The molecule has 1 atom stereocenters. The van der Waals surface area contributed by atoms with Crippen LogP contribution >= 0.6 is 11.6 Å². The maximum absolute atomic E-state index is 12.1. The van der Waals surface area contributed by atoms with E-state index in [0.29, 0.717) is 12.1 Å². The van der Waals surface area contributed by atoms with Crippen LogP contribution in [0.4, 0.5) is 19.3 Å². The van der Waals surface area contributed by atoms with Crippen molar-refractivity contribution in [2.24, 2.45) is 0 Å². The van der Waals surface area contributed by atoms with E-state index in [0.717, 1.165) is 0 Å². The Kier molecular flexibility index (Phi) is 6.17. The van der Waals surface area contributed by atoms with E-state index in [1.54, 1.807) is 6.92 Å². The van der Waals surface area contributed by atoms with Gasteiger partial charge in [0.2, 0.25) is 0 Å². The standard InChI is InChI=1S/C13H17ClF2N2O3/c1-3-13(2,7-19)18-12(20)17-8-4-5-10(9(14)6-8)21-11(15)16/h4-6,11,19H,3,7H2,1-2H3,(H2,17,18,20). The molecule has 0 fully saturated rings. The first-order valence-corrected chi connectivity index (χ1v) is 6.62. The number of alkyl halides is 2. The zero-order chi connectivity index (χ0) is 16.0. The van der Waals surface area contributed by atoms with E-state index >= 15 is 0 Å². The molecule has 118 valence electrons. The summed E-state index contributed by atoms with van der Waals surface area (Å²) in [4.78, 5) is 11.8. The molecule has 0 aliphatic rings. The average molecular weight is 323 g/mol. The number of ether oxygens (including phenoxy) is 1. The van der Waals surface area contributed by atoms with Crippen molar-refractivity contribution in [1.82, 2.24) is 5.32 Å². The second-order valence-electron chi connectivity index (χ2n) is 4.68. The molecule has 0 bridgehead atoms. The van der Waals surface area contributed by atoms with Gasteiger partial charge in [-0.05, 0) is 31.5 Å². The summed E-state index contributed by atoms with van der Waals surface area (Å²) in [6.45, 7) is 0.335. The molecule has 1 unspecified atom stereocenters. The van der Waals surface area contributed by atoms with Gasteiger partial charge in [0.1, 0.15) is 5.75 Å². The van der Waals surface area contributed by atoms with Crippen molar-refractivity contribution in [2.75, 3.05) is 11.9 Å². The van der Waals surface area contributed by atoms with Gasteiger partial charge in [-0.2, -0.15) is 8.78 Å². The van der Waals surface area contributed by atoms with Gasteiger partial charge < -0.3 is 20.5 Å². The zero-order valence-electron chi connectivity index (χ0n) is 11.6. The minimum atomic E-state index is -2.97. The molecular formula is C13H17ClF2N2O3. The molecule has 5 nitrogen and oxygen atoms in total. The third-order valence-corrected chi connectivity index (χ3v) is 3.25. The number of amides is 2. The molecule has 2 amide bonds. The van der Waals surface area contributed by atoms with Crippen LogP contribution < -0.4 is 15.4 Å². The predicted octanol–water partition coefficient (Wildman–Crippen LogP) is 3.22. The molecule has 0 spiro atoms. The Bertz CT molecular complexity index is 496. The van der Waals surface area contributed by atoms with Crippen LogP contribution in [0, 0.1) is 0 Å². The number of aliphatic hydroxyl groups is 1. The molecular weight excluding hydrogens is 306 g/mol. The second-order valence-corrected chi connectivity index (χ2v) is 5.08. The first kappa shape index (κ1) is 17.5. The van der Waals surface area contributed by atoms with Crippen LogP contribution in [-0.4, -0.2) is 29.9 Å². The Morgan fingerprint density at radius 1 is 1.52 bits per heavy atom. The third kappa shape index (κ3) is 5.35. The van der Waals surface area contributed by atoms with E-state index in [1.807, 2.05) is 6.92 Å². The fourth-order valence-electron chi connectivity index (χ4n) is 1.45. The number of hydrogen-bond donors (Lipinski definition) is 3. The maximum Gasteiger partial charge on any atom is 0.387 e. The first-order valence-electron chi connectivity index (χ1n) is 6.24. The number of anilines is 1. The molecule has 1 aromatic rings. The molecule has 1 aromatic carbocycles. The largest absolute Gasteiger partial charge is 0.433 e. The number of halogens is 3. The fraction of sp³-hybridized carbons (Fsp3) is 0.462. The highest BCUT2D eigenvalue weighted by Crippen LogP contribution is 2.28. The lowest BCUT2D eigenvalue weighted by atomic mass is 10.0. The van der Waals surface area contributed by atoms with Crippen LogP contribution in [0.25, 0.3) is 0 Å². The van der Waals surface area contributed by atoms with Crippen molar-refractivity contribution in [1.29, 1.82) is 0 Å². The second kappa shape index (κ2) is 7.42. The minimum Gasteiger partial charge on any atom is -0.433 e. The summed E-state index contributed by atoms with van der Waals surface area (Å²) < 4.78 is 28.4. The SMILES string of the molecule is CCC(C)(CO)NC(=O)Nc1ccc(OC(F)F)c(Cl)c1. The van der Waals surface area contributed by atoms with Crippen LogP contribution in [0.2, 0.25) is 5.02 Å². The summed E-state index contributed by atoms with van der Waals surface area (Å²) in [7, 11) is 0. The van der Waals surface area contributed by atoms with Crippen LogP contribution in [0.5, 0.6) is 5.75 Å². The summed E-state index contributed by atoms with van der Waals surface area (Å²) in [6.07, 6.45) is 0.541. The predicted molar refractivity (Wildman–Crippen MR) is 76.0 cm³/mol. The number of urea groups is 1. The Morgan fingerprint density at radius 2 is 2.19 bits per heavy atom. The highest BCUT2D eigenvalue weighted by atomic mass is 35.5. The van der Waals surface area contributed by atoms with Crippen molar-refractivity contribution in [3.8, 4) is 5.75 Å². The summed E-state index contributed by atoms with van der Waals surface area (Å²) in [5, 5.41) is 14.3. The van der Waals surface area contributed by atoms with Crippen molar-refractivity contribution in [3.63, 3.8) is 0 Å². The Morgan fingerprint density at radius 3 is 2.67 bits per heavy atom. The van der Waals surface area contributed by atoms with Gasteiger partial charge >= 0.3 is 12.6 Å². The normalized spacial score (nSPS) is 13.7. The number of aliphatic hydroxyl groups excluding tert-OH is 1. The third-order valence-electron chi connectivity index (χ3n) is 2.95. The topological polar surface area (TPSA) is 70.6 Å². The van der Waals surface area contributed by atoms with E-state index in [2.05, 4.69) is 15.4 Å². The van der Waals surface area contributed by atoms with E-state index < -0.39 is 18.2 Å². The number of rotatable bonds is 6. The van der Waals surface area contributed by atoms with Crippen molar-refractivity contribution in [3.05, 3.63) is 23.2 Å². The lowest BCUT2D eigenvalue weighted by Gasteiger charge is -2.27. The molecule has 1 rings (SSSR count). The minimum absolute atomic E-state index is 0.0477. The number of carbonyl (C=O) groups is 1. The van der Waals surface area contributed by atoms with Gasteiger partial charge in [-0.25, -0.2) is 4.79 Å². The summed E-state index contributed by atoms with van der Waals surface area (Å²) in [5.74, 6) is -0.175. The van der Waals surface area contributed by atoms with E-state index in [-0.39, 0.29) is 17.4 Å². The van der Waals surface area contributed by atoms with Crippen LogP contribution in [0.1, 0.15) is 20.3 Å². The highest BCUT2D eigenvalue weighted by molar-refractivity contribution is 6.32. The number of nitrogens with one attached hydrogen (secondary N) is 2. The molecule has 3 N–H and O–H groups in total. The van der Waals surface area contributed by atoms with Crippen LogP contribution in [0.3, 0.4) is 0 Å². The van der Waals surface area contributed by atoms with E-state index in [4.69, 9.17) is 11.6 Å². The lowest BCUT2D eigenvalue weighted by molar-refractivity contribution is -0.0497. The maximum atomic E-state index is 12.1. The molecule has 0 saturated heterocycles. The average Bonchev–Trinajstić information content (AvgIpc) is 2.41. The van der Waals surface area contributed by atoms with Gasteiger partial charge in [0.25, 0.3) is 0 Å². The summed E-state index contributed by atoms with van der Waals surface area (Å²) in [6, 6.07) is 3.37. The Balaban J connectivity index is 2.71. The quantitative estimate of drug-likeness (QED) is 0.753. The molecule has 8 heteroatoms. The smallest absolute Gasteiger partial charge is 0.387 e. The lowest BCUT2D eigenvalue weighted by Crippen LogP contribution is -2.50. The Hall–Kier alpha value is -1.60. The number of hydrogen-bond acceptors (Lipinski definition) is 3. The summed E-state index contributed by atoms with van der Waals surface area (Å²) >= 11 is 5.77. The summed E-state index contributed by atoms with van der Waals surface area (Å²) in [5.41, 5.74) is -0.428. The monoisotopic (exact) mass is 322 g/mol. The molecule has 0 aromatic heterocycles. The molecule has 0 radical (unpaired) electrons. The number of carbonyl (C=O) groups excluding carboxylic acids is 1. The van der Waals surface area contributed by atoms with Gasteiger partial charge in [-0.1, -0.05) is 18.5 Å². The molecule has 0 saturated carbocycles. The van der Waals surface area contributed by atoms with E-state index in [9.17, 15) is 18.7 Å². The molecule has 0 heterocycles.